The highest BCUT2D eigenvalue weighted by molar-refractivity contribution is 5.85. The number of nitrogens with zero attached hydrogens (tertiary/aromatic N) is 2. The third-order valence-corrected chi connectivity index (χ3v) is 3.66. The van der Waals surface area contributed by atoms with Gasteiger partial charge in [0.2, 0.25) is 5.91 Å². The monoisotopic (exact) mass is 301 g/mol. The Morgan fingerprint density at radius 1 is 1.45 bits per heavy atom. The Kier molecular flexibility index (Phi) is 6.49. The lowest BCUT2D eigenvalue weighted by molar-refractivity contribution is -0.131. The van der Waals surface area contributed by atoms with Crippen LogP contribution in [0.2, 0.25) is 0 Å². The Balaban J connectivity index is 0.00000200. The smallest absolute Gasteiger partial charge is 0.227 e. The van der Waals surface area contributed by atoms with Crippen molar-refractivity contribution in [2.45, 2.75) is 46.1 Å². The maximum atomic E-state index is 12.4. The molecule has 0 spiro atoms. The van der Waals surface area contributed by atoms with E-state index in [1.54, 1.807) is 0 Å². The predicted molar refractivity (Wildman–Crippen MR) is 80.3 cm³/mol. The highest BCUT2D eigenvalue weighted by atomic mass is 35.5. The molecule has 1 N–H and O–H groups in total. The molecule has 2 rings (SSSR count). The summed E-state index contributed by atoms with van der Waals surface area (Å²) >= 11 is 0. The van der Waals surface area contributed by atoms with E-state index in [-0.39, 0.29) is 18.3 Å². The molecule has 0 aromatic carbocycles. The van der Waals surface area contributed by atoms with Crippen molar-refractivity contribution in [1.82, 2.24) is 15.4 Å². The third-order valence-electron chi connectivity index (χ3n) is 3.66. The van der Waals surface area contributed by atoms with Gasteiger partial charge in [0.05, 0.1) is 12.1 Å². The van der Waals surface area contributed by atoms with Gasteiger partial charge in [-0.15, -0.1) is 12.4 Å². The Morgan fingerprint density at radius 2 is 2.20 bits per heavy atom. The molecule has 1 aliphatic rings. The number of halogens is 1. The van der Waals surface area contributed by atoms with E-state index in [1.807, 2.05) is 18.7 Å². The summed E-state index contributed by atoms with van der Waals surface area (Å²) in [4.78, 5) is 14.3. The number of hydrogen-bond donors (Lipinski definition) is 1. The topological polar surface area (TPSA) is 58.4 Å². The zero-order valence-corrected chi connectivity index (χ0v) is 13.3. The number of aryl methyl sites for hydroxylation is 2. The van der Waals surface area contributed by atoms with Crippen LogP contribution >= 0.6 is 12.4 Å². The van der Waals surface area contributed by atoms with Gasteiger partial charge in [-0.05, 0) is 13.3 Å². The van der Waals surface area contributed by atoms with Gasteiger partial charge in [-0.1, -0.05) is 19.0 Å². The minimum atomic E-state index is 0. The normalized spacial score (nSPS) is 18.8. The summed E-state index contributed by atoms with van der Waals surface area (Å²) in [7, 11) is 0. The Bertz CT molecular complexity index is 426. The van der Waals surface area contributed by atoms with Crippen molar-refractivity contribution >= 4 is 18.3 Å². The summed E-state index contributed by atoms with van der Waals surface area (Å²) in [5, 5.41) is 7.41. The van der Waals surface area contributed by atoms with E-state index in [1.165, 1.54) is 0 Å². The third kappa shape index (κ3) is 3.73. The summed E-state index contributed by atoms with van der Waals surface area (Å²) < 4.78 is 5.31. The molecule has 0 bridgehead atoms. The van der Waals surface area contributed by atoms with Gasteiger partial charge in [-0.3, -0.25) is 4.79 Å². The number of nitrogens with one attached hydrogen (secondary N) is 1. The van der Waals surface area contributed by atoms with Crippen LogP contribution in [-0.4, -0.2) is 41.6 Å². The lowest BCUT2D eigenvalue weighted by Crippen LogP contribution is -2.51. The zero-order chi connectivity index (χ0) is 13.8. The summed E-state index contributed by atoms with van der Waals surface area (Å²) in [5.41, 5.74) is 1.93. The number of amides is 1. The molecule has 5 nitrogen and oxygen atoms in total. The van der Waals surface area contributed by atoms with Crippen LogP contribution in [0.4, 0.5) is 0 Å². The van der Waals surface area contributed by atoms with E-state index in [4.69, 9.17) is 4.52 Å². The molecule has 0 radical (unpaired) electrons. The number of hydrogen-bond acceptors (Lipinski definition) is 4. The fourth-order valence-corrected chi connectivity index (χ4v) is 2.56. The van der Waals surface area contributed by atoms with E-state index in [0.717, 1.165) is 49.5 Å². The SMILES string of the molecule is CCc1noc(CC)c1CC(=O)N1CCNC(C)C1.Cl. The molecule has 2 heterocycles. The molecule has 1 amide bonds. The average molecular weight is 302 g/mol. The minimum Gasteiger partial charge on any atom is -0.361 e. The summed E-state index contributed by atoms with van der Waals surface area (Å²) in [6.45, 7) is 8.62. The van der Waals surface area contributed by atoms with E-state index in [2.05, 4.69) is 17.4 Å². The van der Waals surface area contributed by atoms with Crippen LogP contribution in [0.1, 0.15) is 37.8 Å². The standard InChI is InChI=1S/C14H23N3O2.ClH/c1-4-12-11(13(5-2)19-16-12)8-14(18)17-7-6-15-10(3)9-17;/h10,15H,4-9H2,1-3H3;1H. The van der Waals surface area contributed by atoms with Crippen molar-refractivity contribution in [3.05, 3.63) is 17.0 Å². The predicted octanol–water partition coefficient (Wildman–Crippen LogP) is 1.58. The molecule has 1 saturated heterocycles. The van der Waals surface area contributed by atoms with Crippen molar-refractivity contribution in [3.8, 4) is 0 Å². The molecule has 20 heavy (non-hydrogen) atoms. The fourth-order valence-electron chi connectivity index (χ4n) is 2.56. The fraction of sp³-hybridized carbons (Fsp3) is 0.714. The summed E-state index contributed by atoms with van der Waals surface area (Å²) in [6.07, 6.45) is 2.01. The second kappa shape index (κ2) is 7.64. The van der Waals surface area contributed by atoms with E-state index in [0.29, 0.717) is 12.5 Å². The molecular weight excluding hydrogens is 278 g/mol. The maximum Gasteiger partial charge on any atom is 0.227 e. The first-order chi connectivity index (χ1) is 9.15. The number of rotatable bonds is 4. The molecule has 1 atom stereocenters. The molecule has 1 aliphatic heterocycles. The quantitative estimate of drug-likeness (QED) is 0.917. The second-order valence-electron chi connectivity index (χ2n) is 5.11. The molecule has 0 saturated carbocycles. The summed E-state index contributed by atoms with van der Waals surface area (Å²) in [5.74, 6) is 1.04. The second-order valence-corrected chi connectivity index (χ2v) is 5.11. The van der Waals surface area contributed by atoms with Gasteiger partial charge in [0.1, 0.15) is 5.76 Å². The van der Waals surface area contributed by atoms with Crippen LogP contribution in [0, 0.1) is 0 Å². The first-order valence-corrected chi connectivity index (χ1v) is 7.13. The molecular formula is C14H24ClN3O2. The summed E-state index contributed by atoms with van der Waals surface area (Å²) in [6, 6.07) is 0.372. The van der Waals surface area contributed by atoms with Crippen LogP contribution in [0.15, 0.2) is 4.52 Å². The van der Waals surface area contributed by atoms with Crippen LogP contribution in [0.5, 0.6) is 0 Å². The number of piperazine rings is 1. The van der Waals surface area contributed by atoms with Gasteiger partial charge in [0.25, 0.3) is 0 Å². The van der Waals surface area contributed by atoms with Crippen molar-refractivity contribution in [3.63, 3.8) is 0 Å². The van der Waals surface area contributed by atoms with Crippen LogP contribution in [-0.2, 0) is 24.1 Å². The lowest BCUT2D eigenvalue weighted by Gasteiger charge is -2.32. The minimum absolute atomic E-state index is 0. The molecule has 1 aromatic rings. The molecule has 1 fully saturated rings. The first kappa shape index (κ1) is 17.0. The van der Waals surface area contributed by atoms with Gasteiger partial charge in [-0.25, -0.2) is 0 Å². The van der Waals surface area contributed by atoms with E-state index < -0.39 is 0 Å². The van der Waals surface area contributed by atoms with Gasteiger partial charge < -0.3 is 14.7 Å². The highest BCUT2D eigenvalue weighted by Gasteiger charge is 2.23. The molecule has 1 aromatic heterocycles. The van der Waals surface area contributed by atoms with Crippen molar-refractivity contribution in [2.75, 3.05) is 19.6 Å². The average Bonchev–Trinajstić information content (AvgIpc) is 2.80. The largest absolute Gasteiger partial charge is 0.361 e. The van der Waals surface area contributed by atoms with E-state index >= 15 is 0 Å². The Labute approximate surface area is 126 Å². The number of carbonyl (C=O) groups is 1. The molecule has 0 aliphatic carbocycles. The van der Waals surface area contributed by atoms with Crippen molar-refractivity contribution in [2.24, 2.45) is 0 Å². The van der Waals surface area contributed by atoms with E-state index in [9.17, 15) is 4.79 Å². The maximum absolute atomic E-state index is 12.4. The Hall–Kier alpha value is -1.07. The van der Waals surface area contributed by atoms with Crippen LogP contribution in [0.3, 0.4) is 0 Å². The number of aromatic nitrogens is 1. The Morgan fingerprint density at radius 3 is 2.80 bits per heavy atom. The van der Waals surface area contributed by atoms with Gasteiger partial charge in [0.15, 0.2) is 0 Å². The molecule has 6 heteroatoms. The van der Waals surface area contributed by atoms with Crippen LogP contribution in [0.25, 0.3) is 0 Å². The lowest BCUT2D eigenvalue weighted by atomic mass is 10.1. The van der Waals surface area contributed by atoms with Crippen LogP contribution < -0.4 is 5.32 Å². The highest BCUT2D eigenvalue weighted by Crippen LogP contribution is 2.17. The number of carbonyl (C=O) groups excluding carboxylic acids is 1. The molecule has 1 unspecified atom stereocenters. The zero-order valence-electron chi connectivity index (χ0n) is 12.4. The van der Waals surface area contributed by atoms with Gasteiger partial charge in [-0.2, -0.15) is 0 Å². The molecule has 114 valence electrons. The first-order valence-electron chi connectivity index (χ1n) is 7.13. The van der Waals surface area contributed by atoms with Gasteiger partial charge >= 0.3 is 0 Å². The van der Waals surface area contributed by atoms with Crippen molar-refractivity contribution in [1.29, 1.82) is 0 Å². The van der Waals surface area contributed by atoms with Gasteiger partial charge in [0, 0.05) is 37.7 Å². The van der Waals surface area contributed by atoms with Crippen molar-refractivity contribution < 1.29 is 9.32 Å².